The molecule has 96 valence electrons. The summed E-state index contributed by atoms with van der Waals surface area (Å²) in [6.07, 6.45) is -0.728. The van der Waals surface area contributed by atoms with Gasteiger partial charge in [-0.3, -0.25) is 0 Å². The first-order valence-corrected chi connectivity index (χ1v) is 5.29. The van der Waals surface area contributed by atoms with E-state index >= 15 is 0 Å². The minimum Gasteiger partial charge on any atom is -0.491 e. The summed E-state index contributed by atoms with van der Waals surface area (Å²) >= 11 is 0. The lowest BCUT2D eigenvalue weighted by atomic mass is 10.2. The molecule has 0 fully saturated rings. The van der Waals surface area contributed by atoms with E-state index < -0.39 is 12.2 Å². The van der Waals surface area contributed by atoms with Crippen molar-refractivity contribution in [3.05, 3.63) is 40.3 Å². The van der Waals surface area contributed by atoms with Gasteiger partial charge in [-0.05, 0) is 30.7 Å². The van der Waals surface area contributed by atoms with Gasteiger partial charge in [0.05, 0.1) is 5.56 Å². The van der Waals surface area contributed by atoms with Crippen LogP contribution in [-0.4, -0.2) is 30.5 Å². The van der Waals surface area contributed by atoms with Crippen LogP contribution in [-0.2, 0) is 4.74 Å². The van der Waals surface area contributed by atoms with Crippen LogP contribution in [0, 0.1) is 0 Å². The summed E-state index contributed by atoms with van der Waals surface area (Å²) < 4.78 is 10.4. The molecule has 1 aromatic rings. The van der Waals surface area contributed by atoms with E-state index in [2.05, 4.69) is 10.0 Å². The average molecular weight is 251 g/mol. The maximum atomic E-state index is 10.7. The Kier molecular flexibility index (Phi) is 5.50. The number of carboxylic acid groups (broad SMARTS) is 1. The van der Waals surface area contributed by atoms with Gasteiger partial charge in [-0.2, -0.15) is 0 Å². The Morgan fingerprint density at radius 3 is 3.00 bits per heavy atom. The van der Waals surface area contributed by atoms with Crippen molar-refractivity contribution in [3.8, 4) is 5.75 Å². The fraction of sp³-hybridized carbons (Fsp3) is 0.364. The number of aromatic carboxylic acids is 1. The lowest BCUT2D eigenvalue weighted by Gasteiger charge is -2.12. The zero-order valence-electron chi connectivity index (χ0n) is 9.81. The summed E-state index contributed by atoms with van der Waals surface area (Å²) in [5.74, 6) is -0.649. The maximum Gasteiger partial charge on any atom is 0.335 e. The van der Waals surface area contributed by atoms with Gasteiger partial charge in [0.1, 0.15) is 12.4 Å². The summed E-state index contributed by atoms with van der Waals surface area (Å²) in [7, 11) is 0. The topological polar surface area (TPSA) is 105 Å². The second kappa shape index (κ2) is 7.16. The molecule has 0 aliphatic rings. The third-order valence-electron chi connectivity index (χ3n) is 2.01. The Morgan fingerprint density at radius 2 is 2.39 bits per heavy atom. The highest BCUT2D eigenvalue weighted by Gasteiger charge is 2.08. The van der Waals surface area contributed by atoms with Crippen LogP contribution in [0.3, 0.4) is 0 Å². The van der Waals surface area contributed by atoms with Crippen molar-refractivity contribution in [2.45, 2.75) is 13.2 Å². The van der Waals surface area contributed by atoms with Crippen LogP contribution in [0.5, 0.6) is 5.75 Å². The van der Waals surface area contributed by atoms with E-state index in [9.17, 15) is 4.79 Å². The van der Waals surface area contributed by atoms with Crippen molar-refractivity contribution >= 4 is 5.97 Å². The molecule has 1 atom stereocenters. The summed E-state index contributed by atoms with van der Waals surface area (Å²) in [6, 6.07) is 6.04. The van der Waals surface area contributed by atoms with Crippen molar-refractivity contribution in [1.29, 1.82) is 0 Å². The Balaban J connectivity index is 2.64. The quantitative estimate of drug-likeness (QED) is 0.456. The number of carboxylic acids is 1. The standard InChI is InChI=1S/C11H13N3O4/c1-2-17-10(13-14-12)7-18-9-5-3-4-8(6-9)11(15)16/h3-6,10H,2,7H2,1H3,(H,15,16). The third-order valence-corrected chi connectivity index (χ3v) is 2.01. The van der Waals surface area contributed by atoms with Gasteiger partial charge < -0.3 is 14.6 Å². The van der Waals surface area contributed by atoms with E-state index in [1.807, 2.05) is 0 Å². The second-order valence-corrected chi connectivity index (χ2v) is 3.26. The second-order valence-electron chi connectivity index (χ2n) is 3.26. The van der Waals surface area contributed by atoms with Crippen molar-refractivity contribution in [1.82, 2.24) is 0 Å². The minimum atomic E-state index is -1.03. The molecule has 1 rings (SSSR count). The lowest BCUT2D eigenvalue weighted by Crippen LogP contribution is -2.19. The molecular weight excluding hydrogens is 238 g/mol. The molecule has 18 heavy (non-hydrogen) atoms. The molecule has 1 unspecified atom stereocenters. The zero-order valence-corrected chi connectivity index (χ0v) is 9.81. The smallest absolute Gasteiger partial charge is 0.335 e. The Hall–Kier alpha value is -2.24. The van der Waals surface area contributed by atoms with Crippen LogP contribution in [0.1, 0.15) is 17.3 Å². The van der Waals surface area contributed by atoms with Gasteiger partial charge in [0, 0.05) is 11.5 Å². The number of carbonyl (C=O) groups is 1. The fourth-order valence-electron chi connectivity index (χ4n) is 1.25. The Labute approximate surface area is 104 Å². The normalized spacial score (nSPS) is 11.4. The van der Waals surface area contributed by atoms with E-state index in [1.54, 1.807) is 19.1 Å². The number of benzene rings is 1. The van der Waals surface area contributed by atoms with Crippen LogP contribution >= 0.6 is 0 Å². The first-order valence-electron chi connectivity index (χ1n) is 5.29. The van der Waals surface area contributed by atoms with Gasteiger partial charge >= 0.3 is 5.97 Å². The molecule has 1 N–H and O–H groups in total. The van der Waals surface area contributed by atoms with E-state index in [1.165, 1.54) is 12.1 Å². The predicted octanol–water partition coefficient (Wildman–Crippen LogP) is 2.44. The number of rotatable bonds is 7. The SMILES string of the molecule is CCOC(COc1cccc(C(=O)O)c1)N=[N+]=[N-]. The summed E-state index contributed by atoms with van der Waals surface area (Å²) in [5, 5.41) is 12.2. The molecule has 0 saturated carbocycles. The van der Waals surface area contributed by atoms with Gasteiger partial charge in [-0.1, -0.05) is 11.2 Å². The molecule has 7 nitrogen and oxygen atoms in total. The van der Waals surface area contributed by atoms with Crippen molar-refractivity contribution in [2.75, 3.05) is 13.2 Å². The molecule has 0 spiro atoms. The Morgan fingerprint density at radius 1 is 1.61 bits per heavy atom. The van der Waals surface area contributed by atoms with Crippen molar-refractivity contribution < 1.29 is 19.4 Å². The van der Waals surface area contributed by atoms with E-state index in [4.69, 9.17) is 20.1 Å². The van der Waals surface area contributed by atoms with Gasteiger partial charge in [0.15, 0.2) is 6.23 Å². The fourth-order valence-corrected chi connectivity index (χ4v) is 1.25. The molecule has 7 heteroatoms. The molecule has 0 aromatic heterocycles. The molecule has 1 aromatic carbocycles. The van der Waals surface area contributed by atoms with E-state index in [-0.39, 0.29) is 12.2 Å². The molecule has 0 heterocycles. The van der Waals surface area contributed by atoms with Gasteiger partial charge in [-0.25, -0.2) is 4.79 Å². The average Bonchev–Trinajstić information content (AvgIpc) is 2.37. The number of ether oxygens (including phenoxy) is 2. The predicted molar refractivity (Wildman–Crippen MR) is 63.5 cm³/mol. The Bertz CT molecular complexity index is 457. The van der Waals surface area contributed by atoms with Crippen molar-refractivity contribution in [2.24, 2.45) is 5.11 Å². The summed E-state index contributed by atoms with van der Waals surface area (Å²) in [6.45, 7) is 2.19. The van der Waals surface area contributed by atoms with Gasteiger partial charge in [-0.15, -0.1) is 0 Å². The molecule has 0 amide bonds. The number of nitrogens with zero attached hydrogens (tertiary/aromatic N) is 3. The third kappa shape index (κ3) is 4.32. The molecule has 0 aliphatic carbocycles. The number of hydrogen-bond donors (Lipinski definition) is 1. The highest BCUT2D eigenvalue weighted by atomic mass is 16.5. The van der Waals surface area contributed by atoms with Crippen LogP contribution in [0.2, 0.25) is 0 Å². The zero-order chi connectivity index (χ0) is 13.4. The van der Waals surface area contributed by atoms with Crippen molar-refractivity contribution in [3.63, 3.8) is 0 Å². The molecule has 0 bridgehead atoms. The largest absolute Gasteiger partial charge is 0.491 e. The molecule has 0 radical (unpaired) electrons. The first kappa shape index (κ1) is 13.8. The maximum absolute atomic E-state index is 10.7. The van der Waals surface area contributed by atoms with Crippen LogP contribution in [0.4, 0.5) is 0 Å². The van der Waals surface area contributed by atoms with Crippen LogP contribution < -0.4 is 4.74 Å². The summed E-state index contributed by atoms with van der Waals surface area (Å²) in [5.41, 5.74) is 8.45. The minimum absolute atomic E-state index is 0.0287. The van der Waals surface area contributed by atoms with Crippen LogP contribution in [0.25, 0.3) is 10.4 Å². The van der Waals surface area contributed by atoms with E-state index in [0.717, 1.165) is 0 Å². The van der Waals surface area contributed by atoms with Gasteiger partial charge in [0.2, 0.25) is 0 Å². The lowest BCUT2D eigenvalue weighted by molar-refractivity contribution is 0.0324. The monoisotopic (exact) mass is 251 g/mol. The molecule has 0 saturated heterocycles. The van der Waals surface area contributed by atoms with Crippen LogP contribution in [0.15, 0.2) is 29.4 Å². The summed E-state index contributed by atoms with van der Waals surface area (Å²) in [4.78, 5) is 13.4. The highest BCUT2D eigenvalue weighted by molar-refractivity contribution is 5.87. The van der Waals surface area contributed by atoms with E-state index in [0.29, 0.717) is 12.4 Å². The molecular formula is C11H13N3O4. The molecule has 0 aliphatic heterocycles. The first-order chi connectivity index (χ1) is 8.67. The number of hydrogen-bond acceptors (Lipinski definition) is 4. The highest BCUT2D eigenvalue weighted by Crippen LogP contribution is 2.14. The van der Waals surface area contributed by atoms with Gasteiger partial charge in [0.25, 0.3) is 0 Å². The number of azide groups is 1.